The lowest BCUT2D eigenvalue weighted by atomic mass is 10.1. The predicted octanol–water partition coefficient (Wildman–Crippen LogP) is 2.84. The number of aryl methyl sites for hydroxylation is 3. The normalized spacial score (nSPS) is 10.7. The first kappa shape index (κ1) is 15.1. The van der Waals surface area contributed by atoms with Gasteiger partial charge in [0.25, 0.3) is 5.91 Å². The van der Waals surface area contributed by atoms with Crippen LogP contribution in [0.2, 0.25) is 0 Å². The van der Waals surface area contributed by atoms with Crippen LogP contribution in [0.25, 0.3) is 0 Å². The molecular formula is C16H22N4O. The summed E-state index contributed by atoms with van der Waals surface area (Å²) in [7, 11) is 1.74. The fraction of sp³-hybridized carbons (Fsp3) is 0.375. The molecule has 0 fully saturated rings. The first-order valence-corrected chi connectivity index (χ1v) is 7.13. The lowest BCUT2D eigenvalue weighted by Gasteiger charge is -2.17. The van der Waals surface area contributed by atoms with E-state index in [1.807, 2.05) is 26.0 Å². The van der Waals surface area contributed by atoms with E-state index in [-0.39, 0.29) is 5.91 Å². The van der Waals surface area contributed by atoms with Crippen molar-refractivity contribution < 1.29 is 4.79 Å². The zero-order chi connectivity index (χ0) is 15.6. The molecule has 21 heavy (non-hydrogen) atoms. The number of hydrogen-bond acceptors (Lipinski definition) is 3. The van der Waals surface area contributed by atoms with Gasteiger partial charge in [-0.2, -0.15) is 5.10 Å². The van der Waals surface area contributed by atoms with E-state index < -0.39 is 0 Å². The van der Waals surface area contributed by atoms with Crippen molar-refractivity contribution in [1.82, 2.24) is 10.2 Å². The standard InChI is InChI=1S/C16H22N4O/c1-5-6-13-14(17)15(19-18-13)16(21)20(4)12-8-10(2)7-11(3)9-12/h7-9H,5-6,17H2,1-4H3,(H,18,19). The SMILES string of the molecule is CCCc1[nH]nc(C(=O)N(C)c2cc(C)cc(C)c2)c1N. The minimum Gasteiger partial charge on any atom is -0.395 e. The van der Waals surface area contributed by atoms with Gasteiger partial charge in [-0.1, -0.05) is 19.4 Å². The highest BCUT2D eigenvalue weighted by molar-refractivity contribution is 6.07. The molecule has 5 nitrogen and oxygen atoms in total. The number of aromatic nitrogens is 2. The molecular weight excluding hydrogens is 264 g/mol. The maximum atomic E-state index is 12.6. The van der Waals surface area contributed by atoms with Crippen molar-refractivity contribution in [3.05, 3.63) is 40.7 Å². The average molecular weight is 286 g/mol. The van der Waals surface area contributed by atoms with Crippen LogP contribution < -0.4 is 10.6 Å². The van der Waals surface area contributed by atoms with Gasteiger partial charge in [0.05, 0.1) is 11.4 Å². The zero-order valence-corrected chi connectivity index (χ0v) is 13.0. The summed E-state index contributed by atoms with van der Waals surface area (Å²) in [6, 6.07) is 6.02. The predicted molar refractivity (Wildman–Crippen MR) is 85.6 cm³/mol. The zero-order valence-electron chi connectivity index (χ0n) is 13.0. The van der Waals surface area contributed by atoms with Crippen molar-refractivity contribution >= 4 is 17.3 Å². The van der Waals surface area contributed by atoms with Crippen LogP contribution >= 0.6 is 0 Å². The second-order valence-electron chi connectivity index (χ2n) is 5.42. The molecule has 2 aromatic rings. The molecule has 0 atom stereocenters. The highest BCUT2D eigenvalue weighted by Gasteiger charge is 2.21. The number of benzene rings is 1. The summed E-state index contributed by atoms with van der Waals surface area (Å²) in [5, 5.41) is 6.95. The molecule has 0 aliphatic rings. The largest absolute Gasteiger partial charge is 0.395 e. The van der Waals surface area contributed by atoms with Crippen LogP contribution in [0.5, 0.6) is 0 Å². The van der Waals surface area contributed by atoms with E-state index in [1.165, 1.54) is 0 Å². The van der Waals surface area contributed by atoms with Crippen molar-refractivity contribution in [3.63, 3.8) is 0 Å². The number of aromatic amines is 1. The van der Waals surface area contributed by atoms with Crippen LogP contribution in [0.15, 0.2) is 18.2 Å². The Labute approximate surface area is 125 Å². The first-order valence-electron chi connectivity index (χ1n) is 7.13. The van der Waals surface area contributed by atoms with Crippen LogP contribution in [0.4, 0.5) is 11.4 Å². The third-order valence-corrected chi connectivity index (χ3v) is 3.48. The number of hydrogen-bond donors (Lipinski definition) is 2. The summed E-state index contributed by atoms with van der Waals surface area (Å²) < 4.78 is 0. The van der Waals surface area contributed by atoms with Crippen LogP contribution in [-0.2, 0) is 6.42 Å². The molecule has 0 bridgehead atoms. The molecule has 1 aromatic carbocycles. The lowest BCUT2D eigenvalue weighted by molar-refractivity contribution is 0.0989. The second kappa shape index (κ2) is 5.99. The molecule has 0 unspecified atom stereocenters. The summed E-state index contributed by atoms with van der Waals surface area (Å²) >= 11 is 0. The van der Waals surface area contributed by atoms with Crippen molar-refractivity contribution in [2.24, 2.45) is 0 Å². The van der Waals surface area contributed by atoms with E-state index >= 15 is 0 Å². The van der Waals surface area contributed by atoms with E-state index in [0.29, 0.717) is 11.4 Å². The smallest absolute Gasteiger partial charge is 0.280 e. The van der Waals surface area contributed by atoms with Gasteiger partial charge in [-0.3, -0.25) is 9.89 Å². The van der Waals surface area contributed by atoms with Gasteiger partial charge in [0.2, 0.25) is 0 Å². The Morgan fingerprint density at radius 1 is 1.29 bits per heavy atom. The van der Waals surface area contributed by atoms with Gasteiger partial charge in [-0.15, -0.1) is 0 Å². The molecule has 3 N–H and O–H groups in total. The highest BCUT2D eigenvalue weighted by atomic mass is 16.2. The molecule has 0 saturated carbocycles. The van der Waals surface area contributed by atoms with Gasteiger partial charge < -0.3 is 10.6 Å². The van der Waals surface area contributed by atoms with Gasteiger partial charge in [0.15, 0.2) is 5.69 Å². The minimum atomic E-state index is -0.198. The van der Waals surface area contributed by atoms with Crippen LogP contribution in [0, 0.1) is 13.8 Å². The van der Waals surface area contributed by atoms with E-state index in [4.69, 9.17) is 5.73 Å². The fourth-order valence-corrected chi connectivity index (χ4v) is 2.41. The molecule has 1 amide bonds. The maximum absolute atomic E-state index is 12.6. The Kier molecular flexibility index (Phi) is 4.31. The fourth-order valence-electron chi connectivity index (χ4n) is 2.41. The van der Waals surface area contributed by atoms with Crippen LogP contribution in [0.3, 0.4) is 0 Å². The molecule has 0 saturated heterocycles. The molecule has 1 heterocycles. The number of anilines is 2. The topological polar surface area (TPSA) is 75.0 Å². The van der Waals surface area contributed by atoms with Crippen LogP contribution in [-0.4, -0.2) is 23.2 Å². The summed E-state index contributed by atoms with van der Waals surface area (Å²) in [6.07, 6.45) is 1.74. The van der Waals surface area contributed by atoms with Crippen molar-refractivity contribution in [2.75, 3.05) is 17.7 Å². The van der Waals surface area contributed by atoms with Gasteiger partial charge in [-0.05, 0) is 43.5 Å². The average Bonchev–Trinajstić information content (AvgIpc) is 2.78. The number of rotatable bonds is 4. The molecule has 1 aromatic heterocycles. The minimum absolute atomic E-state index is 0.198. The van der Waals surface area contributed by atoms with Crippen LogP contribution in [0.1, 0.15) is 40.7 Å². The Balaban J connectivity index is 2.30. The Morgan fingerprint density at radius 3 is 2.48 bits per heavy atom. The van der Waals surface area contributed by atoms with E-state index in [9.17, 15) is 4.79 Å². The number of H-pyrrole nitrogens is 1. The molecule has 0 spiro atoms. The third kappa shape index (κ3) is 3.07. The summed E-state index contributed by atoms with van der Waals surface area (Å²) in [5.74, 6) is -0.198. The van der Waals surface area contributed by atoms with Crippen molar-refractivity contribution in [2.45, 2.75) is 33.6 Å². The third-order valence-electron chi connectivity index (χ3n) is 3.48. The highest BCUT2D eigenvalue weighted by Crippen LogP contribution is 2.22. The van der Waals surface area contributed by atoms with Gasteiger partial charge >= 0.3 is 0 Å². The quantitative estimate of drug-likeness (QED) is 0.907. The van der Waals surface area contributed by atoms with Crippen molar-refractivity contribution in [3.8, 4) is 0 Å². The van der Waals surface area contributed by atoms with Gasteiger partial charge in [0.1, 0.15) is 0 Å². The number of carbonyl (C=O) groups excluding carboxylic acids is 1. The Bertz CT molecular complexity index is 640. The number of nitrogens with one attached hydrogen (secondary N) is 1. The molecule has 2 rings (SSSR count). The van der Waals surface area contributed by atoms with Gasteiger partial charge in [0, 0.05) is 12.7 Å². The molecule has 112 valence electrons. The summed E-state index contributed by atoms with van der Waals surface area (Å²) in [5.41, 5.74) is 10.7. The van der Waals surface area contributed by atoms with E-state index in [2.05, 4.69) is 23.2 Å². The Hall–Kier alpha value is -2.30. The van der Waals surface area contributed by atoms with Gasteiger partial charge in [-0.25, -0.2) is 0 Å². The summed E-state index contributed by atoms with van der Waals surface area (Å²) in [6.45, 7) is 6.08. The number of amides is 1. The number of nitrogens with two attached hydrogens (primary N) is 1. The second-order valence-corrected chi connectivity index (χ2v) is 5.42. The van der Waals surface area contributed by atoms with E-state index in [1.54, 1.807) is 11.9 Å². The number of nitrogens with zero attached hydrogens (tertiary/aromatic N) is 2. The monoisotopic (exact) mass is 286 g/mol. The number of carbonyl (C=O) groups is 1. The Morgan fingerprint density at radius 2 is 1.90 bits per heavy atom. The number of nitrogen functional groups attached to an aromatic ring is 1. The summed E-state index contributed by atoms with van der Waals surface area (Å²) in [4.78, 5) is 14.2. The first-order chi connectivity index (χ1) is 9.93. The maximum Gasteiger partial charge on any atom is 0.280 e. The van der Waals surface area contributed by atoms with E-state index in [0.717, 1.165) is 35.3 Å². The molecule has 0 aliphatic heterocycles. The van der Waals surface area contributed by atoms with Crippen molar-refractivity contribution in [1.29, 1.82) is 0 Å². The molecule has 5 heteroatoms. The molecule has 0 aliphatic carbocycles. The molecule has 0 radical (unpaired) electrons. The lowest BCUT2D eigenvalue weighted by Crippen LogP contribution is -2.27.